The van der Waals surface area contributed by atoms with Gasteiger partial charge in [-0.25, -0.2) is 0 Å². The van der Waals surface area contributed by atoms with Crippen molar-refractivity contribution in [3.05, 3.63) is 24.0 Å². The van der Waals surface area contributed by atoms with Crippen LogP contribution in [0.5, 0.6) is 0 Å². The third-order valence-corrected chi connectivity index (χ3v) is 3.44. The lowest BCUT2D eigenvalue weighted by molar-refractivity contribution is 0.194. The fraction of sp³-hybridized carbons (Fsp3) is 0.615. The normalized spacial score (nSPS) is 19.4. The summed E-state index contributed by atoms with van der Waals surface area (Å²) >= 11 is 0. The van der Waals surface area contributed by atoms with Gasteiger partial charge in [0.25, 0.3) is 0 Å². The smallest absolute Gasteiger partial charge is 0.0931 e. The van der Waals surface area contributed by atoms with Crippen LogP contribution in [0.15, 0.2) is 18.3 Å². The Balaban J connectivity index is 1.99. The van der Waals surface area contributed by atoms with Gasteiger partial charge in [0.05, 0.1) is 23.7 Å². The summed E-state index contributed by atoms with van der Waals surface area (Å²) in [5, 5.41) is 18.5. The average Bonchev–Trinajstić information content (AvgIpc) is 2.39. The van der Waals surface area contributed by atoms with Crippen LogP contribution >= 0.6 is 0 Å². The second-order valence-corrected chi connectivity index (χ2v) is 4.73. The molecular weight excluding hydrogens is 216 g/mol. The van der Waals surface area contributed by atoms with Crippen molar-refractivity contribution in [2.24, 2.45) is 5.92 Å². The summed E-state index contributed by atoms with van der Waals surface area (Å²) in [4.78, 5) is 6.53. The van der Waals surface area contributed by atoms with E-state index in [0.29, 0.717) is 18.2 Å². The molecule has 4 nitrogen and oxygen atoms in total. The lowest BCUT2D eigenvalue weighted by Gasteiger charge is -2.32. The fourth-order valence-corrected chi connectivity index (χ4v) is 2.21. The molecule has 0 bridgehead atoms. The third-order valence-electron chi connectivity index (χ3n) is 3.44. The Morgan fingerprint density at radius 2 is 2.12 bits per heavy atom. The Hall–Kier alpha value is -1.13. The highest BCUT2D eigenvalue weighted by atomic mass is 16.3. The standard InChI is InChI=1S/C13H20N2O2/c1-10(17)13-3-2-12(8-14-13)15-6-4-11(9-16)5-7-15/h2-3,8,10-11,16-17H,4-7,9H2,1H3/t10-/m0/s1. The monoisotopic (exact) mass is 236 g/mol. The van der Waals surface area contributed by atoms with E-state index in [1.54, 1.807) is 6.92 Å². The molecule has 2 rings (SSSR count). The van der Waals surface area contributed by atoms with Gasteiger partial charge in [-0.1, -0.05) is 0 Å². The molecule has 0 aromatic carbocycles. The average molecular weight is 236 g/mol. The van der Waals surface area contributed by atoms with Crippen LogP contribution in [0.2, 0.25) is 0 Å². The Labute approximate surface area is 102 Å². The quantitative estimate of drug-likeness (QED) is 0.831. The zero-order chi connectivity index (χ0) is 12.3. The van der Waals surface area contributed by atoms with Crippen molar-refractivity contribution in [1.29, 1.82) is 0 Å². The molecule has 17 heavy (non-hydrogen) atoms. The topological polar surface area (TPSA) is 56.6 Å². The van der Waals surface area contributed by atoms with Gasteiger partial charge in [0.15, 0.2) is 0 Å². The van der Waals surface area contributed by atoms with Gasteiger partial charge in [-0.05, 0) is 37.8 Å². The van der Waals surface area contributed by atoms with Crippen molar-refractivity contribution in [2.75, 3.05) is 24.6 Å². The largest absolute Gasteiger partial charge is 0.396 e. The first kappa shape index (κ1) is 12.3. The number of hydrogen-bond donors (Lipinski definition) is 2. The van der Waals surface area contributed by atoms with Crippen LogP contribution < -0.4 is 4.90 Å². The molecule has 2 heterocycles. The number of nitrogens with zero attached hydrogens (tertiary/aromatic N) is 2. The predicted molar refractivity (Wildman–Crippen MR) is 66.9 cm³/mol. The number of aromatic nitrogens is 1. The molecule has 1 fully saturated rings. The summed E-state index contributed by atoms with van der Waals surface area (Å²) in [5.41, 5.74) is 1.81. The second-order valence-electron chi connectivity index (χ2n) is 4.73. The van der Waals surface area contributed by atoms with Crippen LogP contribution in [-0.2, 0) is 0 Å². The Bertz CT molecular complexity index is 343. The van der Waals surface area contributed by atoms with Crippen molar-refractivity contribution in [3.63, 3.8) is 0 Å². The molecule has 1 saturated heterocycles. The molecule has 1 aromatic rings. The van der Waals surface area contributed by atoms with Crippen molar-refractivity contribution in [3.8, 4) is 0 Å². The molecule has 2 N–H and O–H groups in total. The lowest BCUT2D eigenvalue weighted by atomic mass is 9.97. The highest BCUT2D eigenvalue weighted by Crippen LogP contribution is 2.23. The summed E-state index contributed by atoms with van der Waals surface area (Å²) in [6.45, 7) is 3.96. The number of piperidine rings is 1. The van der Waals surface area contributed by atoms with E-state index >= 15 is 0 Å². The van der Waals surface area contributed by atoms with Gasteiger partial charge in [0.2, 0.25) is 0 Å². The lowest BCUT2D eigenvalue weighted by Crippen LogP contribution is -2.34. The maximum atomic E-state index is 9.39. The zero-order valence-electron chi connectivity index (χ0n) is 10.2. The van der Waals surface area contributed by atoms with Crippen LogP contribution in [0.4, 0.5) is 5.69 Å². The fourth-order valence-electron chi connectivity index (χ4n) is 2.21. The van der Waals surface area contributed by atoms with Crippen LogP contribution in [0, 0.1) is 5.92 Å². The summed E-state index contributed by atoms with van der Waals surface area (Å²) in [7, 11) is 0. The first-order valence-corrected chi connectivity index (χ1v) is 6.20. The molecule has 1 atom stereocenters. The van der Waals surface area contributed by atoms with Crippen LogP contribution in [0.1, 0.15) is 31.6 Å². The van der Waals surface area contributed by atoms with Gasteiger partial charge in [-0.3, -0.25) is 4.98 Å². The van der Waals surface area contributed by atoms with Crippen molar-refractivity contribution >= 4 is 5.69 Å². The molecule has 0 unspecified atom stereocenters. The van der Waals surface area contributed by atoms with Crippen LogP contribution in [-0.4, -0.2) is 34.9 Å². The Morgan fingerprint density at radius 3 is 2.59 bits per heavy atom. The molecule has 1 aliphatic rings. The van der Waals surface area contributed by atoms with E-state index in [9.17, 15) is 5.11 Å². The van der Waals surface area contributed by atoms with E-state index < -0.39 is 6.10 Å². The maximum Gasteiger partial charge on any atom is 0.0931 e. The molecule has 0 spiro atoms. The minimum absolute atomic E-state index is 0.299. The number of aliphatic hydroxyl groups is 2. The summed E-state index contributed by atoms with van der Waals surface area (Å²) in [6, 6.07) is 3.88. The van der Waals surface area contributed by atoms with Gasteiger partial charge in [0.1, 0.15) is 0 Å². The molecule has 4 heteroatoms. The maximum absolute atomic E-state index is 9.39. The van der Waals surface area contributed by atoms with Gasteiger partial charge >= 0.3 is 0 Å². The molecular formula is C13H20N2O2. The zero-order valence-corrected chi connectivity index (χ0v) is 10.2. The number of anilines is 1. The van der Waals surface area contributed by atoms with Crippen molar-refractivity contribution in [1.82, 2.24) is 4.98 Å². The van der Waals surface area contributed by atoms with Crippen LogP contribution in [0.25, 0.3) is 0 Å². The van der Waals surface area contributed by atoms with Gasteiger partial charge in [-0.2, -0.15) is 0 Å². The van der Waals surface area contributed by atoms with Gasteiger partial charge in [0, 0.05) is 19.7 Å². The molecule has 0 radical (unpaired) electrons. The first-order valence-electron chi connectivity index (χ1n) is 6.20. The molecule has 0 amide bonds. The van der Waals surface area contributed by atoms with E-state index in [2.05, 4.69) is 9.88 Å². The highest BCUT2D eigenvalue weighted by molar-refractivity contribution is 5.45. The van der Waals surface area contributed by atoms with Gasteiger partial charge < -0.3 is 15.1 Å². The SMILES string of the molecule is C[C@H](O)c1ccc(N2CCC(CO)CC2)cn1. The number of aliphatic hydroxyl groups excluding tert-OH is 2. The van der Waals surface area contributed by atoms with Gasteiger partial charge in [-0.15, -0.1) is 0 Å². The Kier molecular flexibility index (Phi) is 3.97. The third kappa shape index (κ3) is 2.96. The van der Waals surface area contributed by atoms with Crippen molar-refractivity contribution in [2.45, 2.75) is 25.9 Å². The second kappa shape index (κ2) is 5.47. The number of rotatable bonds is 3. The predicted octanol–water partition coefficient (Wildman–Crippen LogP) is 1.34. The first-order chi connectivity index (χ1) is 8.20. The minimum Gasteiger partial charge on any atom is -0.396 e. The molecule has 0 saturated carbocycles. The van der Waals surface area contributed by atoms with Crippen molar-refractivity contribution < 1.29 is 10.2 Å². The number of hydrogen-bond acceptors (Lipinski definition) is 4. The molecule has 0 aliphatic carbocycles. The highest BCUT2D eigenvalue weighted by Gasteiger charge is 2.18. The number of pyridine rings is 1. The minimum atomic E-state index is -0.510. The summed E-state index contributed by atoms with van der Waals surface area (Å²) < 4.78 is 0. The molecule has 1 aliphatic heterocycles. The van der Waals surface area contributed by atoms with E-state index in [1.807, 2.05) is 18.3 Å². The molecule has 1 aromatic heterocycles. The van der Waals surface area contributed by atoms with E-state index in [4.69, 9.17) is 5.11 Å². The Morgan fingerprint density at radius 1 is 1.41 bits per heavy atom. The van der Waals surface area contributed by atoms with E-state index in [1.165, 1.54) is 0 Å². The summed E-state index contributed by atoms with van der Waals surface area (Å²) in [5.74, 6) is 0.455. The van der Waals surface area contributed by atoms with Crippen LogP contribution in [0.3, 0.4) is 0 Å². The van der Waals surface area contributed by atoms with E-state index in [-0.39, 0.29) is 0 Å². The van der Waals surface area contributed by atoms with E-state index in [0.717, 1.165) is 31.6 Å². The molecule has 94 valence electrons. The summed E-state index contributed by atoms with van der Waals surface area (Å²) in [6.07, 6.45) is 3.38.